The number of thiocarbonyl (C=S) groups is 1. The molecule has 0 amide bonds. The molecule has 4 nitrogen and oxygen atoms in total. The van der Waals surface area contributed by atoms with Gasteiger partial charge in [-0.3, -0.25) is 5.43 Å². The molecule has 5 heteroatoms. The predicted molar refractivity (Wildman–Crippen MR) is 79.9 cm³/mol. The molecule has 1 aliphatic rings. The Morgan fingerprint density at radius 1 is 1.56 bits per heavy atom. The highest BCUT2D eigenvalue weighted by Gasteiger charge is 2.13. The van der Waals surface area contributed by atoms with Gasteiger partial charge in [0.25, 0.3) is 0 Å². The van der Waals surface area contributed by atoms with Gasteiger partial charge in [0.15, 0.2) is 5.11 Å². The fourth-order valence-corrected chi connectivity index (χ4v) is 2.20. The molecule has 2 N–H and O–H groups in total. The van der Waals surface area contributed by atoms with Gasteiger partial charge >= 0.3 is 0 Å². The Hall–Kier alpha value is -0.680. The summed E-state index contributed by atoms with van der Waals surface area (Å²) in [4.78, 5) is 0. The highest BCUT2D eigenvalue weighted by Crippen LogP contribution is 2.20. The molecule has 0 radical (unpaired) electrons. The summed E-state index contributed by atoms with van der Waals surface area (Å²) in [6.07, 6.45) is 5.73. The van der Waals surface area contributed by atoms with Crippen molar-refractivity contribution in [3.05, 3.63) is 0 Å². The van der Waals surface area contributed by atoms with Crippen molar-refractivity contribution in [2.75, 3.05) is 19.8 Å². The molecule has 1 atom stereocenters. The average molecular weight is 271 g/mol. The van der Waals surface area contributed by atoms with Crippen molar-refractivity contribution in [2.45, 2.75) is 46.0 Å². The summed E-state index contributed by atoms with van der Waals surface area (Å²) in [5, 5.41) is 8.11. The zero-order valence-electron chi connectivity index (χ0n) is 11.5. The van der Waals surface area contributed by atoms with Crippen molar-refractivity contribution >= 4 is 23.0 Å². The normalized spacial score (nSPS) is 21.9. The molecule has 0 aromatic carbocycles. The summed E-state index contributed by atoms with van der Waals surface area (Å²) in [6, 6.07) is 0. The number of ether oxygens (including phenoxy) is 1. The summed E-state index contributed by atoms with van der Waals surface area (Å²) >= 11 is 5.16. The molecule has 0 aromatic heterocycles. The molecule has 1 saturated carbocycles. The first-order valence-electron chi connectivity index (χ1n) is 6.89. The molecule has 0 spiro atoms. The highest BCUT2D eigenvalue weighted by molar-refractivity contribution is 7.80. The zero-order chi connectivity index (χ0) is 13.2. The molecule has 0 bridgehead atoms. The molecule has 104 valence electrons. The van der Waals surface area contributed by atoms with Crippen molar-refractivity contribution in [1.82, 2.24) is 10.7 Å². The average Bonchev–Trinajstić information content (AvgIpc) is 2.36. The van der Waals surface area contributed by atoms with Crippen molar-refractivity contribution in [1.29, 1.82) is 0 Å². The second kappa shape index (κ2) is 9.28. The standard InChI is InChI=1S/C13H25N3OS/c1-3-17-9-5-8-14-13(18)16-15-12-7-4-6-11(2)10-12/h11H,3-10H2,1-2H3,(H2,14,16,18)/b15-12-/t11-/m0/s1. The molecule has 1 fully saturated rings. The van der Waals surface area contributed by atoms with Crippen LogP contribution in [-0.2, 0) is 4.74 Å². The maximum absolute atomic E-state index is 5.25. The van der Waals surface area contributed by atoms with E-state index in [0.717, 1.165) is 44.9 Å². The van der Waals surface area contributed by atoms with Crippen LogP contribution in [-0.4, -0.2) is 30.6 Å². The van der Waals surface area contributed by atoms with E-state index in [-0.39, 0.29) is 0 Å². The van der Waals surface area contributed by atoms with Gasteiger partial charge in [-0.1, -0.05) is 6.92 Å². The molecule has 0 aromatic rings. The van der Waals surface area contributed by atoms with Gasteiger partial charge in [-0.2, -0.15) is 5.10 Å². The lowest BCUT2D eigenvalue weighted by atomic mass is 9.89. The number of nitrogens with zero attached hydrogens (tertiary/aromatic N) is 1. The van der Waals surface area contributed by atoms with E-state index in [0.29, 0.717) is 5.11 Å². The molecule has 18 heavy (non-hydrogen) atoms. The number of nitrogens with one attached hydrogen (secondary N) is 2. The fraction of sp³-hybridized carbons (Fsp3) is 0.846. The Morgan fingerprint density at radius 2 is 2.39 bits per heavy atom. The van der Waals surface area contributed by atoms with E-state index in [1.54, 1.807) is 0 Å². The van der Waals surface area contributed by atoms with Crippen LogP contribution < -0.4 is 10.7 Å². The van der Waals surface area contributed by atoms with Crippen molar-refractivity contribution in [2.24, 2.45) is 11.0 Å². The summed E-state index contributed by atoms with van der Waals surface area (Å²) in [5.41, 5.74) is 4.17. The van der Waals surface area contributed by atoms with Crippen molar-refractivity contribution < 1.29 is 4.74 Å². The van der Waals surface area contributed by atoms with E-state index in [1.807, 2.05) is 6.92 Å². The molecule has 1 rings (SSSR count). The largest absolute Gasteiger partial charge is 0.382 e. The monoisotopic (exact) mass is 271 g/mol. The van der Waals surface area contributed by atoms with Gasteiger partial charge < -0.3 is 10.1 Å². The molecular weight excluding hydrogens is 246 g/mol. The summed E-state index contributed by atoms with van der Waals surface area (Å²) in [7, 11) is 0. The Balaban J connectivity index is 2.10. The van der Waals surface area contributed by atoms with Crippen LogP contribution in [0.5, 0.6) is 0 Å². The van der Waals surface area contributed by atoms with E-state index >= 15 is 0 Å². The molecule has 0 aliphatic heterocycles. The lowest BCUT2D eigenvalue weighted by molar-refractivity contribution is 0.145. The van der Waals surface area contributed by atoms with Gasteiger partial charge in [-0.25, -0.2) is 0 Å². The van der Waals surface area contributed by atoms with E-state index in [1.165, 1.54) is 18.6 Å². The van der Waals surface area contributed by atoms with E-state index in [4.69, 9.17) is 17.0 Å². The van der Waals surface area contributed by atoms with E-state index < -0.39 is 0 Å². The van der Waals surface area contributed by atoms with Crippen LogP contribution in [0.15, 0.2) is 5.10 Å². The van der Waals surface area contributed by atoms with Gasteiger partial charge in [-0.15, -0.1) is 0 Å². The minimum atomic E-state index is 0.609. The molecule has 1 aliphatic carbocycles. The minimum Gasteiger partial charge on any atom is -0.382 e. The first-order valence-corrected chi connectivity index (χ1v) is 7.30. The third-order valence-corrected chi connectivity index (χ3v) is 3.25. The molecule has 0 unspecified atom stereocenters. The second-order valence-corrected chi connectivity index (χ2v) is 5.21. The Labute approximate surface area is 116 Å². The third-order valence-electron chi connectivity index (χ3n) is 3.02. The number of rotatable bonds is 6. The van der Waals surface area contributed by atoms with Gasteiger partial charge in [-0.05, 0) is 57.2 Å². The Morgan fingerprint density at radius 3 is 3.11 bits per heavy atom. The molecule has 0 saturated heterocycles. The highest BCUT2D eigenvalue weighted by atomic mass is 32.1. The SMILES string of the molecule is CCOCCCNC(=S)N/N=C1/CCC[C@H](C)C1. The number of hydrogen-bond acceptors (Lipinski definition) is 3. The maximum atomic E-state index is 5.25. The Kier molecular flexibility index (Phi) is 7.93. The maximum Gasteiger partial charge on any atom is 0.186 e. The lowest BCUT2D eigenvalue weighted by Gasteiger charge is -2.19. The van der Waals surface area contributed by atoms with Crippen molar-refractivity contribution in [3.63, 3.8) is 0 Å². The van der Waals surface area contributed by atoms with Gasteiger partial charge in [0, 0.05) is 25.5 Å². The summed E-state index contributed by atoms with van der Waals surface area (Å²) in [6.45, 7) is 6.65. The number of hydrazone groups is 1. The second-order valence-electron chi connectivity index (χ2n) is 4.80. The fourth-order valence-electron chi connectivity index (χ4n) is 2.05. The zero-order valence-corrected chi connectivity index (χ0v) is 12.3. The number of hydrogen-bond donors (Lipinski definition) is 2. The van der Waals surface area contributed by atoms with Gasteiger partial charge in [0.05, 0.1) is 0 Å². The summed E-state index contributed by atoms with van der Waals surface area (Å²) in [5.74, 6) is 0.757. The van der Waals surface area contributed by atoms with Gasteiger partial charge in [0.1, 0.15) is 0 Å². The smallest absolute Gasteiger partial charge is 0.186 e. The first-order chi connectivity index (χ1) is 8.72. The van der Waals surface area contributed by atoms with Crippen LogP contribution >= 0.6 is 12.2 Å². The van der Waals surface area contributed by atoms with E-state index in [9.17, 15) is 0 Å². The topological polar surface area (TPSA) is 45.6 Å². The minimum absolute atomic E-state index is 0.609. The van der Waals surface area contributed by atoms with Crippen LogP contribution in [0.1, 0.15) is 46.0 Å². The molecular formula is C13H25N3OS. The van der Waals surface area contributed by atoms with Crippen LogP contribution in [0.3, 0.4) is 0 Å². The predicted octanol–water partition coefficient (Wildman–Crippen LogP) is 2.44. The summed E-state index contributed by atoms with van der Waals surface area (Å²) < 4.78 is 5.25. The van der Waals surface area contributed by atoms with Crippen LogP contribution in [0.4, 0.5) is 0 Å². The quantitative estimate of drug-likeness (QED) is 0.442. The lowest BCUT2D eigenvalue weighted by Crippen LogP contribution is -2.34. The van der Waals surface area contributed by atoms with E-state index in [2.05, 4.69) is 22.8 Å². The van der Waals surface area contributed by atoms with Crippen LogP contribution in [0.25, 0.3) is 0 Å². The Bertz CT molecular complexity index is 281. The van der Waals surface area contributed by atoms with Crippen LogP contribution in [0, 0.1) is 5.92 Å². The third kappa shape index (κ3) is 6.91. The van der Waals surface area contributed by atoms with Crippen LogP contribution in [0.2, 0.25) is 0 Å². The first kappa shape index (κ1) is 15.4. The van der Waals surface area contributed by atoms with Gasteiger partial charge in [0.2, 0.25) is 0 Å². The molecule has 0 heterocycles. The van der Waals surface area contributed by atoms with Crippen molar-refractivity contribution in [3.8, 4) is 0 Å².